The van der Waals surface area contributed by atoms with Gasteiger partial charge in [0.1, 0.15) is 0 Å². The Balaban J connectivity index is 3.74. The summed E-state index contributed by atoms with van der Waals surface area (Å²) in [5.74, 6) is 0. The van der Waals surface area contributed by atoms with Gasteiger partial charge in [0.2, 0.25) is 0 Å². The first-order valence-electron chi connectivity index (χ1n) is 5.13. The fraction of sp³-hybridized carbons (Fsp3) is 0.900. The molecule has 0 amide bonds. The average Bonchev–Trinajstić information content (AvgIpc) is 2.17. The number of unbranched alkanes of at least 4 members (excludes halogenated alkanes) is 1. The molecular weight excluding hydrogens is 196 g/mol. The van der Waals surface area contributed by atoms with Gasteiger partial charge >= 0.3 is 0 Å². The summed E-state index contributed by atoms with van der Waals surface area (Å²) in [5, 5.41) is 4.03. The summed E-state index contributed by atoms with van der Waals surface area (Å²) in [5.41, 5.74) is 0. The predicted molar refractivity (Wildman–Crippen MR) is 64.6 cm³/mol. The van der Waals surface area contributed by atoms with Crippen molar-refractivity contribution in [3.05, 3.63) is 0 Å². The topological polar surface area (TPSA) is 24.5 Å². The fourth-order valence-corrected chi connectivity index (χ4v) is 1.33. The van der Waals surface area contributed by atoms with E-state index < -0.39 is 0 Å². The number of nitrogens with one attached hydrogen (secondary N) is 1. The second-order valence-electron chi connectivity index (χ2n) is 3.50. The van der Waals surface area contributed by atoms with Crippen LogP contribution in [0.5, 0.6) is 0 Å². The molecule has 0 spiro atoms. The maximum Gasteiger partial charge on any atom is 0.168 e. The number of likely N-dealkylation sites (N-methyl/N-ethyl adjacent to an activating group) is 1. The van der Waals surface area contributed by atoms with E-state index in [1.165, 1.54) is 6.42 Å². The number of hydrogen-bond donors (Lipinski definition) is 1. The van der Waals surface area contributed by atoms with Crippen molar-refractivity contribution in [2.24, 2.45) is 0 Å². The number of hydrogen-bond acceptors (Lipinski definition) is 2. The molecule has 0 saturated carbocycles. The predicted octanol–water partition coefficient (Wildman–Crippen LogP) is 1.63. The number of thiocarbonyl (C=S) groups is 1. The van der Waals surface area contributed by atoms with Crippen LogP contribution in [0.1, 0.15) is 26.7 Å². The summed E-state index contributed by atoms with van der Waals surface area (Å²) in [6, 6.07) is 0.321. The van der Waals surface area contributed by atoms with E-state index in [1.807, 2.05) is 11.9 Å². The van der Waals surface area contributed by atoms with Crippen LogP contribution >= 0.6 is 12.2 Å². The largest absolute Gasteiger partial charge is 0.383 e. The molecule has 14 heavy (non-hydrogen) atoms. The summed E-state index contributed by atoms with van der Waals surface area (Å²) in [6.07, 6.45) is 2.35. The lowest BCUT2D eigenvalue weighted by Crippen LogP contribution is -2.44. The molecule has 4 heteroatoms. The first-order valence-corrected chi connectivity index (χ1v) is 5.53. The molecule has 0 rings (SSSR count). The van der Waals surface area contributed by atoms with E-state index in [2.05, 4.69) is 19.2 Å². The highest BCUT2D eigenvalue weighted by atomic mass is 32.1. The van der Waals surface area contributed by atoms with Gasteiger partial charge < -0.3 is 15.0 Å². The third kappa shape index (κ3) is 5.40. The van der Waals surface area contributed by atoms with E-state index in [0.29, 0.717) is 12.6 Å². The molecule has 1 N–H and O–H groups in total. The van der Waals surface area contributed by atoms with E-state index >= 15 is 0 Å². The lowest BCUT2D eigenvalue weighted by atomic mass is 10.3. The summed E-state index contributed by atoms with van der Waals surface area (Å²) < 4.78 is 5.07. The molecule has 0 aromatic rings. The molecule has 3 nitrogen and oxygen atoms in total. The van der Waals surface area contributed by atoms with E-state index in [-0.39, 0.29) is 0 Å². The number of nitrogens with zero attached hydrogens (tertiary/aromatic N) is 1. The van der Waals surface area contributed by atoms with Crippen molar-refractivity contribution in [2.45, 2.75) is 32.7 Å². The van der Waals surface area contributed by atoms with Gasteiger partial charge in [0.15, 0.2) is 5.11 Å². The third-order valence-electron chi connectivity index (χ3n) is 2.20. The zero-order valence-electron chi connectivity index (χ0n) is 9.67. The van der Waals surface area contributed by atoms with Crippen molar-refractivity contribution < 1.29 is 4.74 Å². The van der Waals surface area contributed by atoms with Gasteiger partial charge in [-0.25, -0.2) is 0 Å². The Hall–Kier alpha value is -0.350. The van der Waals surface area contributed by atoms with Crippen molar-refractivity contribution in [3.63, 3.8) is 0 Å². The molecule has 0 aliphatic carbocycles. The van der Waals surface area contributed by atoms with Gasteiger partial charge in [-0.15, -0.1) is 0 Å². The van der Waals surface area contributed by atoms with E-state index in [9.17, 15) is 0 Å². The summed E-state index contributed by atoms with van der Waals surface area (Å²) in [7, 11) is 3.70. The first kappa shape index (κ1) is 13.7. The van der Waals surface area contributed by atoms with Gasteiger partial charge in [-0.3, -0.25) is 0 Å². The first-order chi connectivity index (χ1) is 6.63. The Bertz CT molecular complexity index is 164. The Morgan fingerprint density at radius 1 is 1.57 bits per heavy atom. The maximum absolute atomic E-state index is 5.24. The van der Waals surface area contributed by atoms with Crippen LogP contribution < -0.4 is 5.32 Å². The SMILES string of the molecule is CCCCNC(=S)N(C)C(C)COC. The molecule has 0 bridgehead atoms. The van der Waals surface area contributed by atoms with Gasteiger partial charge in [0.05, 0.1) is 12.6 Å². The van der Waals surface area contributed by atoms with Crippen LogP contribution in [0.15, 0.2) is 0 Å². The molecule has 0 aliphatic heterocycles. The van der Waals surface area contributed by atoms with Crippen LogP contribution in [0.25, 0.3) is 0 Å². The van der Waals surface area contributed by atoms with Crippen molar-refractivity contribution >= 4 is 17.3 Å². The minimum atomic E-state index is 0.321. The maximum atomic E-state index is 5.24. The number of ether oxygens (including phenoxy) is 1. The minimum absolute atomic E-state index is 0.321. The van der Waals surface area contributed by atoms with Crippen LogP contribution in [-0.2, 0) is 4.74 Å². The molecule has 0 aromatic heterocycles. The summed E-state index contributed by atoms with van der Waals surface area (Å²) in [6.45, 7) is 5.92. The average molecular weight is 218 g/mol. The van der Waals surface area contributed by atoms with Crippen LogP contribution in [0, 0.1) is 0 Å². The van der Waals surface area contributed by atoms with E-state index in [1.54, 1.807) is 7.11 Å². The highest BCUT2D eigenvalue weighted by molar-refractivity contribution is 7.80. The Morgan fingerprint density at radius 3 is 2.71 bits per heavy atom. The molecule has 0 aliphatic rings. The van der Waals surface area contributed by atoms with Crippen molar-refractivity contribution in [1.29, 1.82) is 0 Å². The fourth-order valence-electron chi connectivity index (χ4n) is 1.05. The molecule has 1 atom stereocenters. The van der Waals surface area contributed by atoms with Gasteiger partial charge in [-0.05, 0) is 25.6 Å². The second kappa shape index (κ2) is 8.00. The van der Waals surface area contributed by atoms with E-state index in [4.69, 9.17) is 17.0 Å². The highest BCUT2D eigenvalue weighted by Crippen LogP contribution is 1.97. The third-order valence-corrected chi connectivity index (χ3v) is 2.63. The van der Waals surface area contributed by atoms with Crippen LogP contribution in [0.4, 0.5) is 0 Å². The zero-order valence-corrected chi connectivity index (χ0v) is 10.5. The second-order valence-corrected chi connectivity index (χ2v) is 3.89. The highest BCUT2D eigenvalue weighted by Gasteiger charge is 2.10. The standard InChI is InChI=1S/C10H22N2OS/c1-5-6-7-11-10(14)12(3)9(2)8-13-4/h9H,5-8H2,1-4H3,(H,11,14). The Labute approximate surface area is 92.8 Å². The number of rotatable bonds is 6. The Kier molecular flexibility index (Phi) is 7.80. The van der Waals surface area contributed by atoms with E-state index in [0.717, 1.165) is 18.1 Å². The molecule has 0 saturated heterocycles. The van der Waals surface area contributed by atoms with Crippen molar-refractivity contribution in [2.75, 3.05) is 27.3 Å². The zero-order chi connectivity index (χ0) is 11.0. The minimum Gasteiger partial charge on any atom is -0.383 e. The lowest BCUT2D eigenvalue weighted by molar-refractivity contribution is 0.145. The van der Waals surface area contributed by atoms with Crippen LogP contribution in [0.2, 0.25) is 0 Å². The van der Waals surface area contributed by atoms with Gasteiger partial charge in [0, 0.05) is 20.7 Å². The molecule has 1 unspecified atom stereocenters. The summed E-state index contributed by atoms with van der Waals surface area (Å²) >= 11 is 5.24. The lowest BCUT2D eigenvalue weighted by Gasteiger charge is -2.27. The van der Waals surface area contributed by atoms with Crippen LogP contribution in [0.3, 0.4) is 0 Å². The normalized spacial score (nSPS) is 12.3. The van der Waals surface area contributed by atoms with Crippen molar-refractivity contribution in [1.82, 2.24) is 10.2 Å². The molecule has 0 heterocycles. The number of methoxy groups -OCH3 is 1. The molecular formula is C10H22N2OS. The van der Waals surface area contributed by atoms with Crippen molar-refractivity contribution in [3.8, 4) is 0 Å². The smallest absolute Gasteiger partial charge is 0.168 e. The monoisotopic (exact) mass is 218 g/mol. The van der Waals surface area contributed by atoms with Gasteiger partial charge in [0.25, 0.3) is 0 Å². The summed E-state index contributed by atoms with van der Waals surface area (Å²) in [4.78, 5) is 2.04. The molecule has 0 aromatic carbocycles. The molecule has 0 radical (unpaired) electrons. The molecule has 84 valence electrons. The van der Waals surface area contributed by atoms with Crippen LogP contribution in [-0.4, -0.2) is 43.4 Å². The molecule has 0 fully saturated rings. The van der Waals surface area contributed by atoms with Gasteiger partial charge in [-0.1, -0.05) is 13.3 Å². The quantitative estimate of drug-likeness (QED) is 0.541. The van der Waals surface area contributed by atoms with Gasteiger partial charge in [-0.2, -0.15) is 0 Å². The Morgan fingerprint density at radius 2 is 2.21 bits per heavy atom.